The second-order valence-electron chi connectivity index (χ2n) is 3.05. The van der Waals surface area contributed by atoms with Gasteiger partial charge in [0.1, 0.15) is 15.2 Å². The average Bonchev–Trinajstić information content (AvgIpc) is 2.06. The molecule has 1 saturated heterocycles. The zero-order valence-corrected chi connectivity index (χ0v) is 8.33. The predicted molar refractivity (Wildman–Crippen MR) is 49.9 cm³/mol. The molecule has 0 aliphatic carbocycles. The molecule has 64 valence electrons. The van der Waals surface area contributed by atoms with Crippen molar-refractivity contribution in [2.24, 2.45) is 0 Å². The molecule has 0 aromatic heterocycles. The van der Waals surface area contributed by atoms with Gasteiger partial charge >= 0.3 is 0 Å². The SMILES string of the molecule is C=C[SiH](C)NC1CCCCO1. The molecule has 1 fully saturated rings. The third-order valence-electron chi connectivity index (χ3n) is 1.98. The Hall–Kier alpha value is -0.123. The van der Waals surface area contributed by atoms with E-state index in [1.807, 2.05) is 5.70 Å². The first-order valence-electron chi connectivity index (χ1n) is 4.33. The fraction of sp³-hybridized carbons (Fsp3) is 0.750. The lowest BCUT2D eigenvalue weighted by molar-refractivity contribution is 0.00860. The molecular weight excluding hydrogens is 154 g/mol. The Labute approximate surface area is 70.3 Å². The molecular formula is C8H17NOSi. The summed E-state index contributed by atoms with van der Waals surface area (Å²) in [5, 5.41) is 0. The first-order valence-corrected chi connectivity index (χ1v) is 6.73. The van der Waals surface area contributed by atoms with Crippen molar-refractivity contribution in [1.82, 2.24) is 4.98 Å². The Bertz CT molecular complexity index is 123. The van der Waals surface area contributed by atoms with Crippen LogP contribution in [-0.2, 0) is 4.74 Å². The van der Waals surface area contributed by atoms with Crippen LogP contribution in [0.4, 0.5) is 0 Å². The zero-order valence-electron chi connectivity index (χ0n) is 7.18. The Balaban J connectivity index is 2.18. The highest BCUT2D eigenvalue weighted by Gasteiger charge is 2.14. The zero-order chi connectivity index (χ0) is 8.10. The molecule has 0 radical (unpaired) electrons. The van der Waals surface area contributed by atoms with Gasteiger partial charge in [0.25, 0.3) is 0 Å². The number of hydrogen-bond acceptors (Lipinski definition) is 2. The van der Waals surface area contributed by atoms with E-state index in [1.165, 1.54) is 19.3 Å². The minimum absolute atomic E-state index is 0.323. The Morgan fingerprint density at radius 1 is 1.64 bits per heavy atom. The Kier molecular flexibility index (Phi) is 3.83. The van der Waals surface area contributed by atoms with Crippen molar-refractivity contribution in [3.8, 4) is 0 Å². The van der Waals surface area contributed by atoms with Crippen molar-refractivity contribution in [3.05, 3.63) is 12.3 Å². The van der Waals surface area contributed by atoms with Crippen LogP contribution in [0, 0.1) is 0 Å². The van der Waals surface area contributed by atoms with E-state index in [9.17, 15) is 0 Å². The predicted octanol–water partition coefficient (Wildman–Crippen LogP) is 1.18. The highest BCUT2D eigenvalue weighted by Crippen LogP contribution is 2.10. The van der Waals surface area contributed by atoms with Crippen molar-refractivity contribution in [3.63, 3.8) is 0 Å². The van der Waals surface area contributed by atoms with Crippen LogP contribution in [0.5, 0.6) is 0 Å². The van der Waals surface area contributed by atoms with Gasteiger partial charge < -0.3 is 9.72 Å². The van der Waals surface area contributed by atoms with Gasteiger partial charge in [0, 0.05) is 6.61 Å². The van der Waals surface area contributed by atoms with Crippen molar-refractivity contribution in [1.29, 1.82) is 0 Å². The first-order chi connectivity index (χ1) is 5.33. The van der Waals surface area contributed by atoms with E-state index in [0.717, 1.165) is 6.61 Å². The molecule has 1 rings (SSSR count). The molecule has 1 heterocycles. The summed E-state index contributed by atoms with van der Waals surface area (Å²) in [5.74, 6) is 0. The van der Waals surface area contributed by atoms with Gasteiger partial charge in [0.05, 0.1) is 0 Å². The topological polar surface area (TPSA) is 21.3 Å². The summed E-state index contributed by atoms with van der Waals surface area (Å²) in [5.41, 5.74) is 2.04. The molecule has 0 amide bonds. The number of hydrogen-bond donors (Lipinski definition) is 1. The maximum absolute atomic E-state index is 5.53. The summed E-state index contributed by atoms with van der Waals surface area (Å²) in [6.07, 6.45) is 4.02. The second-order valence-corrected chi connectivity index (χ2v) is 5.43. The molecule has 2 atom stereocenters. The number of rotatable bonds is 3. The lowest BCUT2D eigenvalue weighted by Gasteiger charge is -2.25. The van der Waals surface area contributed by atoms with Gasteiger partial charge in [-0.25, -0.2) is 0 Å². The summed E-state index contributed by atoms with van der Waals surface area (Å²) < 4.78 is 5.53. The van der Waals surface area contributed by atoms with E-state index in [2.05, 4.69) is 18.1 Å². The van der Waals surface area contributed by atoms with Crippen LogP contribution in [0.1, 0.15) is 19.3 Å². The normalized spacial score (nSPS) is 27.9. The van der Waals surface area contributed by atoms with Gasteiger partial charge in [-0.05, 0) is 19.3 Å². The number of ether oxygens (including phenoxy) is 1. The molecule has 3 heteroatoms. The molecule has 1 aliphatic rings. The fourth-order valence-corrected chi connectivity index (χ4v) is 2.22. The standard InChI is InChI=1S/C8H17NOSi/c1-3-11(2)9-8-6-4-5-7-10-8/h3,8-9,11H,1,4-7H2,2H3. The van der Waals surface area contributed by atoms with E-state index in [1.54, 1.807) is 0 Å². The fourth-order valence-electron chi connectivity index (χ4n) is 1.23. The minimum Gasteiger partial charge on any atom is -0.364 e. The lowest BCUT2D eigenvalue weighted by Crippen LogP contribution is -2.42. The molecule has 1 aliphatic heterocycles. The molecule has 0 bridgehead atoms. The number of nitrogens with one attached hydrogen (secondary N) is 1. The largest absolute Gasteiger partial charge is 0.364 e. The highest BCUT2D eigenvalue weighted by molar-refractivity contribution is 6.60. The van der Waals surface area contributed by atoms with Crippen molar-refractivity contribution < 1.29 is 4.74 Å². The molecule has 2 unspecified atom stereocenters. The lowest BCUT2D eigenvalue weighted by atomic mass is 10.2. The molecule has 0 spiro atoms. The van der Waals surface area contributed by atoms with Crippen molar-refractivity contribution in [2.75, 3.05) is 6.61 Å². The van der Waals surface area contributed by atoms with Gasteiger partial charge in [-0.2, -0.15) is 0 Å². The van der Waals surface area contributed by atoms with Crippen LogP contribution in [0.25, 0.3) is 0 Å². The third kappa shape index (κ3) is 3.18. The van der Waals surface area contributed by atoms with Crippen molar-refractivity contribution in [2.45, 2.75) is 32.0 Å². The van der Waals surface area contributed by atoms with Gasteiger partial charge in [-0.1, -0.05) is 12.2 Å². The van der Waals surface area contributed by atoms with Crippen LogP contribution in [0.3, 0.4) is 0 Å². The quantitative estimate of drug-likeness (QED) is 0.644. The van der Waals surface area contributed by atoms with Crippen LogP contribution in [-0.4, -0.2) is 21.8 Å². The summed E-state index contributed by atoms with van der Waals surface area (Å²) >= 11 is 0. The van der Waals surface area contributed by atoms with E-state index in [-0.39, 0.29) is 0 Å². The van der Waals surface area contributed by atoms with E-state index >= 15 is 0 Å². The van der Waals surface area contributed by atoms with Gasteiger partial charge in [0.15, 0.2) is 0 Å². The van der Waals surface area contributed by atoms with E-state index < -0.39 is 8.96 Å². The maximum Gasteiger partial charge on any atom is 0.132 e. The Morgan fingerprint density at radius 3 is 3.00 bits per heavy atom. The van der Waals surface area contributed by atoms with Crippen LogP contribution < -0.4 is 4.98 Å². The molecule has 0 aromatic rings. The molecule has 1 N–H and O–H groups in total. The average molecular weight is 171 g/mol. The van der Waals surface area contributed by atoms with Gasteiger partial charge in [-0.15, -0.1) is 6.58 Å². The summed E-state index contributed by atoms with van der Waals surface area (Å²) in [6.45, 7) is 6.92. The van der Waals surface area contributed by atoms with Crippen LogP contribution in [0.15, 0.2) is 12.3 Å². The summed E-state index contributed by atoms with van der Waals surface area (Å²) in [7, 11) is -0.866. The van der Waals surface area contributed by atoms with Crippen molar-refractivity contribution >= 4 is 8.96 Å². The molecule has 0 aromatic carbocycles. The van der Waals surface area contributed by atoms with Gasteiger partial charge in [-0.3, -0.25) is 0 Å². The summed E-state index contributed by atoms with van der Waals surface area (Å²) in [6, 6.07) is 0. The first kappa shape index (κ1) is 8.97. The van der Waals surface area contributed by atoms with Crippen LogP contribution >= 0.6 is 0 Å². The summed E-state index contributed by atoms with van der Waals surface area (Å²) in [4.78, 5) is 3.47. The molecule has 11 heavy (non-hydrogen) atoms. The van der Waals surface area contributed by atoms with E-state index in [4.69, 9.17) is 4.74 Å². The smallest absolute Gasteiger partial charge is 0.132 e. The monoisotopic (exact) mass is 171 g/mol. The molecule has 2 nitrogen and oxygen atoms in total. The van der Waals surface area contributed by atoms with E-state index in [0.29, 0.717) is 6.23 Å². The highest BCUT2D eigenvalue weighted by atomic mass is 28.3. The van der Waals surface area contributed by atoms with Crippen LogP contribution in [0.2, 0.25) is 6.55 Å². The minimum atomic E-state index is -0.866. The maximum atomic E-state index is 5.53. The second kappa shape index (κ2) is 4.69. The third-order valence-corrected chi connectivity index (χ3v) is 3.59. The molecule has 0 saturated carbocycles. The van der Waals surface area contributed by atoms with Gasteiger partial charge in [0.2, 0.25) is 0 Å². The Morgan fingerprint density at radius 2 is 2.45 bits per heavy atom.